The van der Waals surface area contributed by atoms with Crippen LogP contribution in [0.15, 0.2) is 65.6 Å². The van der Waals surface area contributed by atoms with Crippen LogP contribution in [-0.2, 0) is 4.74 Å². The van der Waals surface area contributed by atoms with Crippen LogP contribution in [0.25, 0.3) is 27.8 Å². The fourth-order valence-electron chi connectivity index (χ4n) is 3.56. The molecule has 1 fully saturated rings. The van der Waals surface area contributed by atoms with Gasteiger partial charge in [-0.25, -0.2) is 4.68 Å². The van der Waals surface area contributed by atoms with Gasteiger partial charge in [-0.15, -0.1) is 5.10 Å². The predicted molar refractivity (Wildman–Crippen MR) is 112 cm³/mol. The summed E-state index contributed by atoms with van der Waals surface area (Å²) >= 11 is 0. The Labute approximate surface area is 171 Å². The first kappa shape index (κ1) is 18.3. The van der Waals surface area contributed by atoms with Crippen LogP contribution in [0.5, 0.6) is 0 Å². The van der Waals surface area contributed by atoms with Gasteiger partial charge in [0.15, 0.2) is 0 Å². The van der Waals surface area contributed by atoms with E-state index in [1.54, 1.807) is 27.9 Å². The molecule has 1 aliphatic rings. The first-order chi connectivity index (χ1) is 14.7. The van der Waals surface area contributed by atoms with Gasteiger partial charge >= 0.3 is 0 Å². The SMILES string of the molecule is O=C(c1ccc(-n2cc(-c3cc4ccccc4[nH]c3=O)nn2)cc1)N1CCOCC1. The standard InChI is InChI=1S/C22H19N5O3/c28-21-18(13-16-3-1-2-4-19(16)23-21)20-14-27(25-24-20)17-7-5-15(6-8-17)22(29)26-9-11-30-12-10-26/h1-8,13-14H,9-12H2,(H,23,28). The van der Waals surface area contributed by atoms with Crippen LogP contribution in [0, 0.1) is 0 Å². The molecule has 0 bridgehead atoms. The van der Waals surface area contributed by atoms with E-state index in [0.29, 0.717) is 43.1 Å². The zero-order valence-electron chi connectivity index (χ0n) is 16.1. The number of carbonyl (C=O) groups excluding carboxylic acids is 1. The van der Waals surface area contributed by atoms with Gasteiger partial charge in [-0.3, -0.25) is 9.59 Å². The van der Waals surface area contributed by atoms with Gasteiger partial charge in [-0.05, 0) is 41.8 Å². The molecule has 0 saturated carbocycles. The topological polar surface area (TPSA) is 93.1 Å². The van der Waals surface area contributed by atoms with Crippen molar-refractivity contribution in [2.24, 2.45) is 0 Å². The number of aromatic amines is 1. The van der Waals surface area contributed by atoms with Gasteiger partial charge in [0.25, 0.3) is 11.5 Å². The second-order valence-electron chi connectivity index (χ2n) is 7.10. The summed E-state index contributed by atoms with van der Waals surface area (Å²) in [5, 5.41) is 9.24. The monoisotopic (exact) mass is 401 g/mol. The third kappa shape index (κ3) is 3.37. The second kappa shape index (κ2) is 7.57. The second-order valence-corrected chi connectivity index (χ2v) is 7.10. The van der Waals surface area contributed by atoms with E-state index in [-0.39, 0.29) is 11.5 Å². The summed E-state index contributed by atoms with van der Waals surface area (Å²) in [6.07, 6.45) is 1.71. The van der Waals surface area contributed by atoms with Crippen LogP contribution in [0.3, 0.4) is 0 Å². The molecule has 2 aromatic heterocycles. The molecule has 0 spiro atoms. The van der Waals surface area contributed by atoms with Crippen molar-refractivity contribution in [3.8, 4) is 16.9 Å². The Morgan fingerprint density at radius 3 is 2.60 bits per heavy atom. The summed E-state index contributed by atoms with van der Waals surface area (Å²) in [6.45, 7) is 2.35. The van der Waals surface area contributed by atoms with Crippen molar-refractivity contribution in [2.75, 3.05) is 26.3 Å². The number of benzene rings is 2. The molecule has 150 valence electrons. The highest BCUT2D eigenvalue weighted by Crippen LogP contribution is 2.19. The van der Waals surface area contributed by atoms with E-state index in [1.807, 2.05) is 42.5 Å². The molecule has 1 amide bonds. The molecule has 2 aromatic carbocycles. The Kier molecular flexibility index (Phi) is 4.61. The molecular weight excluding hydrogens is 382 g/mol. The number of pyridine rings is 1. The highest BCUT2D eigenvalue weighted by molar-refractivity contribution is 5.94. The molecule has 8 heteroatoms. The van der Waals surface area contributed by atoms with Crippen molar-refractivity contribution in [3.63, 3.8) is 0 Å². The maximum Gasteiger partial charge on any atom is 0.258 e. The van der Waals surface area contributed by atoms with Crippen LogP contribution in [0.4, 0.5) is 0 Å². The van der Waals surface area contributed by atoms with Crippen molar-refractivity contribution in [2.45, 2.75) is 0 Å². The smallest absolute Gasteiger partial charge is 0.258 e. The first-order valence-corrected chi connectivity index (χ1v) is 9.71. The Morgan fingerprint density at radius 2 is 1.80 bits per heavy atom. The Balaban J connectivity index is 1.41. The van der Waals surface area contributed by atoms with Gasteiger partial charge in [0.1, 0.15) is 5.69 Å². The molecule has 30 heavy (non-hydrogen) atoms. The molecule has 1 aliphatic heterocycles. The maximum absolute atomic E-state index is 12.6. The van der Waals surface area contributed by atoms with E-state index < -0.39 is 0 Å². The lowest BCUT2D eigenvalue weighted by Crippen LogP contribution is -2.40. The number of para-hydroxylation sites is 1. The van der Waals surface area contributed by atoms with E-state index in [9.17, 15) is 9.59 Å². The highest BCUT2D eigenvalue weighted by Gasteiger charge is 2.18. The molecule has 0 unspecified atom stereocenters. The van der Waals surface area contributed by atoms with Crippen LogP contribution in [-0.4, -0.2) is 57.1 Å². The number of fused-ring (bicyclic) bond motifs is 1. The Bertz CT molecular complexity index is 1270. The Hall–Kier alpha value is -3.78. The zero-order valence-corrected chi connectivity index (χ0v) is 16.1. The number of aromatic nitrogens is 4. The average Bonchev–Trinajstić information content (AvgIpc) is 3.29. The van der Waals surface area contributed by atoms with Gasteiger partial charge in [-0.1, -0.05) is 23.4 Å². The average molecular weight is 401 g/mol. The number of hydrogen-bond acceptors (Lipinski definition) is 5. The number of morpholine rings is 1. The highest BCUT2D eigenvalue weighted by atomic mass is 16.5. The number of hydrogen-bond donors (Lipinski definition) is 1. The van der Waals surface area contributed by atoms with Gasteiger partial charge in [-0.2, -0.15) is 0 Å². The minimum atomic E-state index is -0.216. The summed E-state index contributed by atoms with van der Waals surface area (Å²) in [4.78, 5) is 29.7. The quantitative estimate of drug-likeness (QED) is 0.568. The largest absolute Gasteiger partial charge is 0.378 e. The molecule has 0 radical (unpaired) electrons. The molecule has 0 aliphatic carbocycles. The van der Waals surface area contributed by atoms with Gasteiger partial charge in [0.05, 0.1) is 30.7 Å². The number of nitrogens with zero attached hydrogens (tertiary/aromatic N) is 4. The summed E-state index contributed by atoms with van der Waals surface area (Å²) < 4.78 is 6.89. The maximum atomic E-state index is 12.6. The molecule has 1 N–H and O–H groups in total. The molecule has 5 rings (SSSR count). The third-order valence-corrected chi connectivity index (χ3v) is 5.20. The summed E-state index contributed by atoms with van der Waals surface area (Å²) in [5.74, 6) is -0.00757. The molecule has 4 aromatic rings. The third-order valence-electron chi connectivity index (χ3n) is 5.20. The molecule has 8 nitrogen and oxygen atoms in total. The minimum Gasteiger partial charge on any atom is -0.378 e. The molecular formula is C22H19N5O3. The molecule has 0 atom stereocenters. The number of H-pyrrole nitrogens is 1. The summed E-state index contributed by atoms with van der Waals surface area (Å²) in [7, 11) is 0. The number of ether oxygens (including phenoxy) is 1. The zero-order chi connectivity index (χ0) is 20.5. The van der Waals surface area contributed by atoms with Crippen LogP contribution in [0.2, 0.25) is 0 Å². The lowest BCUT2D eigenvalue weighted by molar-refractivity contribution is 0.0303. The fourth-order valence-corrected chi connectivity index (χ4v) is 3.56. The van der Waals surface area contributed by atoms with E-state index in [4.69, 9.17) is 4.74 Å². The lowest BCUT2D eigenvalue weighted by Gasteiger charge is -2.26. The predicted octanol–water partition coefficient (Wildman–Crippen LogP) is 2.25. The molecule has 1 saturated heterocycles. The van der Waals surface area contributed by atoms with Crippen LogP contribution in [0.1, 0.15) is 10.4 Å². The lowest BCUT2D eigenvalue weighted by atomic mass is 10.1. The van der Waals surface area contributed by atoms with E-state index in [1.165, 1.54) is 0 Å². The van der Waals surface area contributed by atoms with Gasteiger partial charge < -0.3 is 14.6 Å². The van der Waals surface area contributed by atoms with Gasteiger partial charge in [0.2, 0.25) is 0 Å². The van der Waals surface area contributed by atoms with Crippen molar-refractivity contribution in [1.82, 2.24) is 24.9 Å². The van der Waals surface area contributed by atoms with Crippen molar-refractivity contribution < 1.29 is 9.53 Å². The number of nitrogens with one attached hydrogen (secondary N) is 1. The van der Waals surface area contributed by atoms with Crippen molar-refractivity contribution >= 4 is 16.8 Å². The van der Waals surface area contributed by atoms with Crippen LogP contribution >= 0.6 is 0 Å². The summed E-state index contributed by atoms with van der Waals surface area (Å²) in [5.41, 5.74) is 2.87. The minimum absolute atomic E-state index is 0.00757. The molecule has 3 heterocycles. The fraction of sp³-hybridized carbons (Fsp3) is 0.182. The number of amides is 1. The summed E-state index contributed by atoms with van der Waals surface area (Å²) in [6, 6.07) is 16.6. The van der Waals surface area contributed by atoms with E-state index >= 15 is 0 Å². The van der Waals surface area contributed by atoms with Crippen molar-refractivity contribution in [1.29, 1.82) is 0 Å². The van der Waals surface area contributed by atoms with Crippen LogP contribution < -0.4 is 5.56 Å². The first-order valence-electron chi connectivity index (χ1n) is 9.71. The number of carbonyl (C=O) groups is 1. The Morgan fingerprint density at radius 1 is 1.03 bits per heavy atom. The number of rotatable bonds is 3. The normalized spacial score (nSPS) is 14.2. The van der Waals surface area contributed by atoms with Crippen molar-refractivity contribution in [3.05, 3.63) is 76.7 Å². The van der Waals surface area contributed by atoms with E-state index in [0.717, 1.165) is 16.6 Å². The van der Waals surface area contributed by atoms with Gasteiger partial charge in [0, 0.05) is 24.2 Å². The van der Waals surface area contributed by atoms with E-state index in [2.05, 4.69) is 15.3 Å².